The van der Waals surface area contributed by atoms with Gasteiger partial charge in [0.15, 0.2) is 0 Å². The number of amides is 1. The topological polar surface area (TPSA) is 55.1 Å². The lowest BCUT2D eigenvalue weighted by atomic mass is 10.1. The minimum Gasteiger partial charge on any atom is -0.389 e. The predicted octanol–water partition coefficient (Wildman–Crippen LogP) is 3.16. The molecule has 0 saturated carbocycles. The first-order valence-electron chi connectivity index (χ1n) is 6.06. The Bertz CT molecular complexity index is 732. The van der Waals surface area contributed by atoms with Crippen molar-refractivity contribution in [3.05, 3.63) is 64.7 Å². The molecule has 0 heterocycles. The minimum atomic E-state index is -0.927. The fourth-order valence-electron chi connectivity index (χ4n) is 1.83. The van der Waals surface area contributed by atoms with Crippen molar-refractivity contribution in [3.63, 3.8) is 0 Å². The summed E-state index contributed by atoms with van der Waals surface area (Å²) in [4.78, 5) is 12.2. The number of nitrogens with one attached hydrogen (secondary N) is 1. The van der Waals surface area contributed by atoms with Crippen LogP contribution in [0, 0.1) is 18.6 Å². The number of halogens is 2. The van der Waals surface area contributed by atoms with E-state index in [0.717, 1.165) is 6.07 Å². The zero-order valence-electron chi connectivity index (χ0n) is 11.1. The SMILES string of the molecule is Cc1cc(C(=O)Nc2ccccc2C(N)=S)c(F)cc1F. The number of carbonyl (C=O) groups excluding carboxylic acids is 1. The Labute approximate surface area is 125 Å². The molecule has 0 unspecified atom stereocenters. The van der Waals surface area contributed by atoms with Crippen LogP contribution in [0.3, 0.4) is 0 Å². The fourth-order valence-corrected chi connectivity index (χ4v) is 2.01. The van der Waals surface area contributed by atoms with E-state index < -0.39 is 17.5 Å². The van der Waals surface area contributed by atoms with Crippen molar-refractivity contribution in [2.24, 2.45) is 5.73 Å². The van der Waals surface area contributed by atoms with Crippen LogP contribution in [0.5, 0.6) is 0 Å². The Morgan fingerprint density at radius 1 is 1.14 bits per heavy atom. The second kappa shape index (κ2) is 5.97. The van der Waals surface area contributed by atoms with Crippen LogP contribution < -0.4 is 11.1 Å². The molecule has 0 fully saturated rings. The van der Waals surface area contributed by atoms with Gasteiger partial charge in [0.2, 0.25) is 0 Å². The highest BCUT2D eigenvalue weighted by Crippen LogP contribution is 2.19. The molecule has 0 radical (unpaired) electrons. The van der Waals surface area contributed by atoms with Gasteiger partial charge in [0.05, 0.1) is 11.3 Å². The van der Waals surface area contributed by atoms with E-state index >= 15 is 0 Å². The molecule has 2 rings (SSSR count). The zero-order chi connectivity index (χ0) is 15.6. The van der Waals surface area contributed by atoms with Gasteiger partial charge in [-0.2, -0.15) is 0 Å². The number of carbonyl (C=O) groups is 1. The normalized spacial score (nSPS) is 10.2. The number of para-hydroxylation sites is 1. The van der Waals surface area contributed by atoms with Gasteiger partial charge in [-0.05, 0) is 30.7 Å². The van der Waals surface area contributed by atoms with Crippen molar-refractivity contribution in [1.29, 1.82) is 0 Å². The van der Waals surface area contributed by atoms with Crippen molar-refractivity contribution < 1.29 is 13.6 Å². The summed E-state index contributed by atoms with van der Waals surface area (Å²) in [7, 11) is 0. The lowest BCUT2D eigenvalue weighted by Gasteiger charge is -2.11. The molecule has 0 bridgehead atoms. The molecule has 2 aromatic carbocycles. The van der Waals surface area contributed by atoms with Crippen LogP contribution in [0.15, 0.2) is 36.4 Å². The number of hydrogen-bond acceptors (Lipinski definition) is 2. The Balaban J connectivity index is 2.35. The van der Waals surface area contributed by atoms with Gasteiger partial charge in [0.1, 0.15) is 16.6 Å². The summed E-state index contributed by atoms with van der Waals surface area (Å²) < 4.78 is 26.9. The molecular weight excluding hydrogens is 294 g/mol. The first kappa shape index (κ1) is 15.1. The third-order valence-electron chi connectivity index (χ3n) is 2.93. The molecule has 108 valence electrons. The highest BCUT2D eigenvalue weighted by molar-refractivity contribution is 7.80. The van der Waals surface area contributed by atoms with Gasteiger partial charge in [0.25, 0.3) is 5.91 Å². The van der Waals surface area contributed by atoms with Crippen LogP contribution in [0.25, 0.3) is 0 Å². The number of thiocarbonyl (C=S) groups is 1. The summed E-state index contributed by atoms with van der Waals surface area (Å²) in [5, 5.41) is 2.53. The average Bonchev–Trinajstić information content (AvgIpc) is 2.43. The van der Waals surface area contributed by atoms with Gasteiger partial charge in [0, 0.05) is 11.6 Å². The first-order chi connectivity index (χ1) is 9.90. The first-order valence-corrected chi connectivity index (χ1v) is 6.47. The smallest absolute Gasteiger partial charge is 0.258 e. The van der Waals surface area contributed by atoms with Crippen molar-refractivity contribution in [1.82, 2.24) is 0 Å². The Hall–Kier alpha value is -2.34. The van der Waals surface area contributed by atoms with E-state index in [-0.39, 0.29) is 16.1 Å². The van der Waals surface area contributed by atoms with Crippen LogP contribution >= 0.6 is 12.2 Å². The van der Waals surface area contributed by atoms with E-state index in [4.69, 9.17) is 18.0 Å². The van der Waals surface area contributed by atoms with Crippen LogP contribution in [-0.4, -0.2) is 10.9 Å². The summed E-state index contributed by atoms with van der Waals surface area (Å²) in [6.45, 7) is 1.45. The molecule has 0 saturated heterocycles. The third kappa shape index (κ3) is 3.22. The standard InChI is InChI=1S/C15H12F2N2OS/c1-8-6-10(12(17)7-11(8)16)15(20)19-13-5-3-2-4-9(13)14(18)21/h2-7H,1H3,(H2,18,21)(H,19,20). The maximum Gasteiger partial charge on any atom is 0.258 e. The lowest BCUT2D eigenvalue weighted by molar-refractivity contribution is 0.102. The molecule has 21 heavy (non-hydrogen) atoms. The van der Waals surface area contributed by atoms with E-state index in [1.165, 1.54) is 6.92 Å². The highest BCUT2D eigenvalue weighted by Gasteiger charge is 2.16. The van der Waals surface area contributed by atoms with Crippen molar-refractivity contribution in [2.45, 2.75) is 6.92 Å². The Morgan fingerprint density at radius 3 is 2.48 bits per heavy atom. The van der Waals surface area contributed by atoms with Gasteiger partial charge < -0.3 is 11.1 Å². The van der Waals surface area contributed by atoms with Crippen molar-refractivity contribution >= 4 is 28.8 Å². The molecule has 3 nitrogen and oxygen atoms in total. The fraction of sp³-hybridized carbons (Fsp3) is 0.0667. The van der Waals surface area contributed by atoms with Gasteiger partial charge in [-0.1, -0.05) is 24.4 Å². The van der Waals surface area contributed by atoms with E-state index in [1.54, 1.807) is 24.3 Å². The largest absolute Gasteiger partial charge is 0.389 e. The Kier molecular flexibility index (Phi) is 4.28. The summed E-state index contributed by atoms with van der Waals surface area (Å²) >= 11 is 4.89. The highest BCUT2D eigenvalue weighted by atomic mass is 32.1. The quantitative estimate of drug-likeness (QED) is 0.857. The number of benzene rings is 2. The number of rotatable bonds is 3. The van der Waals surface area contributed by atoms with E-state index in [1.807, 2.05) is 0 Å². The van der Waals surface area contributed by atoms with Gasteiger partial charge in [-0.15, -0.1) is 0 Å². The summed E-state index contributed by atoms with van der Waals surface area (Å²) in [6, 6.07) is 8.48. The van der Waals surface area contributed by atoms with E-state index in [0.29, 0.717) is 17.3 Å². The maximum atomic E-state index is 13.7. The van der Waals surface area contributed by atoms with Crippen LogP contribution in [0.1, 0.15) is 21.5 Å². The molecule has 0 aliphatic carbocycles. The molecule has 6 heteroatoms. The lowest BCUT2D eigenvalue weighted by Crippen LogP contribution is -2.18. The van der Waals surface area contributed by atoms with Gasteiger partial charge >= 0.3 is 0 Å². The van der Waals surface area contributed by atoms with Gasteiger partial charge in [-0.25, -0.2) is 8.78 Å². The van der Waals surface area contributed by atoms with Crippen LogP contribution in [0.2, 0.25) is 0 Å². The molecule has 0 atom stereocenters. The maximum absolute atomic E-state index is 13.7. The molecule has 3 N–H and O–H groups in total. The zero-order valence-corrected chi connectivity index (χ0v) is 11.9. The summed E-state index contributed by atoms with van der Waals surface area (Å²) in [5.74, 6) is -2.32. The number of anilines is 1. The molecule has 0 spiro atoms. The van der Waals surface area contributed by atoms with E-state index in [9.17, 15) is 13.6 Å². The van der Waals surface area contributed by atoms with Crippen molar-refractivity contribution in [2.75, 3.05) is 5.32 Å². The number of aryl methyl sites for hydroxylation is 1. The predicted molar refractivity (Wildman–Crippen MR) is 81.4 cm³/mol. The van der Waals surface area contributed by atoms with Crippen LogP contribution in [0.4, 0.5) is 14.5 Å². The number of hydrogen-bond donors (Lipinski definition) is 2. The average molecular weight is 306 g/mol. The molecule has 2 aromatic rings. The second-order valence-electron chi connectivity index (χ2n) is 4.45. The summed E-state index contributed by atoms with van der Waals surface area (Å²) in [5.41, 5.74) is 6.34. The Morgan fingerprint density at radius 2 is 1.81 bits per heavy atom. The molecule has 1 amide bonds. The van der Waals surface area contributed by atoms with E-state index in [2.05, 4.69) is 5.32 Å². The van der Waals surface area contributed by atoms with Crippen molar-refractivity contribution in [3.8, 4) is 0 Å². The number of nitrogens with two attached hydrogens (primary N) is 1. The second-order valence-corrected chi connectivity index (χ2v) is 4.89. The molecule has 0 aliphatic heterocycles. The monoisotopic (exact) mass is 306 g/mol. The van der Waals surface area contributed by atoms with Gasteiger partial charge in [-0.3, -0.25) is 4.79 Å². The molecular formula is C15H12F2N2OS. The molecule has 0 aromatic heterocycles. The molecule has 0 aliphatic rings. The summed E-state index contributed by atoms with van der Waals surface area (Å²) in [6.07, 6.45) is 0. The van der Waals surface area contributed by atoms with Crippen LogP contribution in [-0.2, 0) is 0 Å². The minimum absolute atomic E-state index is 0.113. The third-order valence-corrected chi connectivity index (χ3v) is 3.15.